The first-order valence-corrected chi connectivity index (χ1v) is 6.70. The highest BCUT2D eigenvalue weighted by Gasteiger charge is 2.21. The largest absolute Gasteiger partial charge is 0.322 e. The number of hydrogen-bond donors (Lipinski definition) is 2. The van der Waals surface area contributed by atoms with E-state index in [0.29, 0.717) is 33.5 Å². The van der Waals surface area contributed by atoms with Crippen molar-refractivity contribution in [3.05, 3.63) is 16.1 Å². The fourth-order valence-electron chi connectivity index (χ4n) is 1.39. The number of hydrogen-bond acceptors (Lipinski definition) is 4. The van der Waals surface area contributed by atoms with E-state index in [1.807, 2.05) is 6.92 Å². The predicted octanol–water partition coefficient (Wildman–Crippen LogP) is 3.40. The van der Waals surface area contributed by atoms with E-state index in [1.54, 1.807) is 0 Å². The van der Waals surface area contributed by atoms with Gasteiger partial charge in [0.1, 0.15) is 11.4 Å². The second kappa shape index (κ2) is 5.36. The van der Waals surface area contributed by atoms with Gasteiger partial charge in [0, 0.05) is 0 Å². The van der Waals surface area contributed by atoms with Crippen molar-refractivity contribution in [3.8, 4) is 0 Å². The van der Waals surface area contributed by atoms with Crippen LogP contribution in [0.25, 0.3) is 0 Å². The summed E-state index contributed by atoms with van der Waals surface area (Å²) in [6.45, 7) is 1.83. The first-order valence-electron chi connectivity index (χ1n) is 5.21. The fourth-order valence-corrected chi connectivity index (χ4v) is 2.55. The Kier molecular flexibility index (Phi) is 4.01. The van der Waals surface area contributed by atoms with Crippen LogP contribution in [0.3, 0.4) is 0 Å². The van der Waals surface area contributed by atoms with Crippen molar-refractivity contribution in [3.63, 3.8) is 0 Å². The molecule has 1 aromatic carbocycles. The van der Waals surface area contributed by atoms with Gasteiger partial charge in [-0.1, -0.05) is 30.1 Å². The van der Waals surface area contributed by atoms with Crippen LogP contribution in [-0.4, -0.2) is 11.9 Å². The number of fused-ring (bicyclic) bond motifs is 1. The summed E-state index contributed by atoms with van der Waals surface area (Å²) in [5, 5.41) is 3.39. The molecule has 0 radical (unpaired) electrons. The topological polar surface area (TPSA) is 79.8 Å². The average molecular weight is 305 g/mol. The van der Waals surface area contributed by atoms with Gasteiger partial charge in [-0.3, -0.25) is 4.79 Å². The molecule has 1 aliphatic rings. The first-order chi connectivity index (χ1) is 8.54. The summed E-state index contributed by atoms with van der Waals surface area (Å²) in [6, 6.07) is 0.943. The van der Waals surface area contributed by atoms with Gasteiger partial charge in [0.15, 0.2) is 0 Å². The molecule has 0 aliphatic carbocycles. The van der Waals surface area contributed by atoms with Gasteiger partial charge in [-0.2, -0.15) is 8.73 Å². The summed E-state index contributed by atoms with van der Waals surface area (Å²) < 4.78 is 8.13. The van der Waals surface area contributed by atoms with E-state index in [0.717, 1.165) is 11.4 Å². The lowest BCUT2D eigenvalue weighted by molar-refractivity contribution is -0.117. The van der Waals surface area contributed by atoms with E-state index >= 15 is 0 Å². The maximum Gasteiger partial charge on any atom is 0.241 e. The zero-order valence-electron chi connectivity index (χ0n) is 9.41. The molecule has 1 heterocycles. The predicted molar refractivity (Wildman–Crippen MR) is 74.9 cm³/mol. The lowest BCUT2D eigenvalue weighted by Crippen LogP contribution is -2.34. The summed E-state index contributed by atoms with van der Waals surface area (Å²) in [5.41, 5.74) is 7.05. The monoisotopic (exact) mass is 304 g/mol. The maximum absolute atomic E-state index is 11.8. The van der Waals surface area contributed by atoms with Crippen molar-refractivity contribution in [1.29, 1.82) is 0 Å². The summed E-state index contributed by atoms with van der Waals surface area (Å²) in [6.07, 6.45) is 0.537. The van der Waals surface area contributed by atoms with E-state index in [4.69, 9.17) is 28.9 Å². The van der Waals surface area contributed by atoms with E-state index in [-0.39, 0.29) is 5.91 Å². The van der Waals surface area contributed by atoms with Crippen LogP contribution < -0.4 is 11.1 Å². The minimum absolute atomic E-state index is 0.309. The number of carbonyl (C=O) groups excluding carboxylic acids is 1. The average Bonchev–Trinajstić information content (AvgIpc) is 2.82. The van der Waals surface area contributed by atoms with Crippen molar-refractivity contribution in [1.82, 2.24) is 0 Å². The van der Waals surface area contributed by atoms with Gasteiger partial charge in [-0.05, 0) is 12.5 Å². The van der Waals surface area contributed by atoms with Gasteiger partial charge in [-0.25, -0.2) is 0 Å². The Balaban J connectivity index is 2.38. The third-order valence-electron chi connectivity index (χ3n) is 2.47. The minimum atomic E-state index is -0.585. The maximum atomic E-state index is 11.8. The molecule has 0 spiro atoms. The molecule has 1 amide bonds. The summed E-state index contributed by atoms with van der Waals surface area (Å²) >= 11 is 13.0. The number of amides is 1. The van der Waals surface area contributed by atoms with Gasteiger partial charge in [0.05, 0.1) is 33.1 Å². The van der Waals surface area contributed by atoms with Gasteiger partial charge in [-0.15, -0.1) is 0 Å². The molecule has 2 rings (SSSR count). The number of nitrogens with one attached hydrogen (secondary N) is 1. The number of halogens is 2. The minimum Gasteiger partial charge on any atom is -0.322 e. The molecule has 0 bridgehead atoms. The lowest BCUT2D eigenvalue weighted by atomic mass is 10.2. The summed E-state index contributed by atoms with van der Waals surface area (Å²) in [5.74, 6) is -0.309. The van der Waals surface area contributed by atoms with Crippen molar-refractivity contribution >= 4 is 57.5 Å². The Morgan fingerprint density at radius 2 is 2.11 bits per heavy atom. The third kappa shape index (κ3) is 2.42. The molecule has 0 saturated carbocycles. The number of nitrogens with zero attached hydrogens (tertiary/aromatic N) is 2. The smallest absolute Gasteiger partial charge is 0.241 e. The number of anilines is 1. The standard InChI is InChI=1S/C10H10Cl2N4OS/c1-2-6(13)10(17)14-7-4(11)3-5(12)8-9(7)16-18-15-8/h3,6H,2,13H2,1H3,(H,14,17)/t6-/m0/s1. The normalized spacial score (nSPS) is 14.0. The molecule has 1 aromatic rings. The van der Waals surface area contributed by atoms with E-state index in [2.05, 4.69) is 14.0 Å². The highest BCUT2D eigenvalue weighted by molar-refractivity contribution is 7.58. The molecule has 0 fully saturated rings. The molecule has 1 aliphatic heterocycles. The van der Waals surface area contributed by atoms with Crippen LogP contribution in [0.1, 0.15) is 13.3 Å². The van der Waals surface area contributed by atoms with Crippen molar-refractivity contribution in [2.75, 3.05) is 5.32 Å². The van der Waals surface area contributed by atoms with Crippen LogP contribution in [0.5, 0.6) is 0 Å². The van der Waals surface area contributed by atoms with Crippen LogP contribution >= 0.6 is 23.2 Å². The van der Waals surface area contributed by atoms with E-state index in [9.17, 15) is 4.79 Å². The molecule has 5 nitrogen and oxygen atoms in total. The van der Waals surface area contributed by atoms with Gasteiger partial charge in [0.2, 0.25) is 5.91 Å². The Morgan fingerprint density at radius 3 is 2.78 bits per heavy atom. The molecule has 1 atom stereocenters. The molecule has 0 saturated heterocycles. The van der Waals surface area contributed by atoms with Gasteiger partial charge in [0.25, 0.3) is 0 Å². The van der Waals surface area contributed by atoms with Crippen LogP contribution in [0.15, 0.2) is 14.8 Å². The van der Waals surface area contributed by atoms with Crippen molar-refractivity contribution in [2.24, 2.45) is 14.5 Å². The zero-order valence-corrected chi connectivity index (χ0v) is 11.7. The van der Waals surface area contributed by atoms with Crippen LogP contribution in [-0.2, 0) is 16.1 Å². The van der Waals surface area contributed by atoms with Crippen LogP contribution in [0.2, 0.25) is 10.0 Å². The van der Waals surface area contributed by atoms with E-state index in [1.165, 1.54) is 6.07 Å². The molecule has 18 heavy (non-hydrogen) atoms. The quantitative estimate of drug-likeness (QED) is 0.911. The van der Waals surface area contributed by atoms with Crippen molar-refractivity contribution in [2.45, 2.75) is 19.4 Å². The van der Waals surface area contributed by atoms with Crippen LogP contribution in [0, 0.1) is 0 Å². The summed E-state index contributed by atoms with van der Waals surface area (Å²) in [4.78, 5) is 11.8. The highest BCUT2D eigenvalue weighted by Crippen LogP contribution is 2.47. The number of nitrogens with two attached hydrogens (primary N) is 1. The molecule has 0 unspecified atom stereocenters. The Labute approximate surface area is 118 Å². The Morgan fingerprint density at radius 1 is 1.44 bits per heavy atom. The molecule has 96 valence electrons. The van der Waals surface area contributed by atoms with Crippen molar-refractivity contribution < 1.29 is 4.79 Å². The Bertz CT molecular complexity index is 584. The zero-order chi connectivity index (χ0) is 13.3. The van der Waals surface area contributed by atoms with Gasteiger partial charge >= 0.3 is 0 Å². The molecule has 3 N–H and O–H groups in total. The molecular weight excluding hydrogens is 295 g/mol. The number of carbonyl (C=O) groups is 1. The van der Waals surface area contributed by atoms with E-state index < -0.39 is 6.04 Å². The fraction of sp³-hybridized carbons (Fsp3) is 0.300. The molecule has 0 aromatic heterocycles. The SMILES string of the molecule is CC[C@H](N)C(=O)Nc1c(Cl)cc(Cl)c2c1N=S=N2. The number of benzene rings is 1. The second-order valence-corrected chi connectivity index (χ2v) is 5.02. The number of rotatable bonds is 3. The highest BCUT2D eigenvalue weighted by atomic mass is 35.5. The first kappa shape index (κ1) is 13.5. The lowest BCUT2D eigenvalue weighted by Gasteiger charge is -2.13. The third-order valence-corrected chi connectivity index (χ3v) is 3.58. The Hall–Kier alpha value is -0.950. The molecule has 8 heteroatoms. The van der Waals surface area contributed by atoms with Gasteiger partial charge < -0.3 is 11.1 Å². The second-order valence-electron chi connectivity index (χ2n) is 3.68. The molecular formula is C10H10Cl2N4OS. The summed E-state index contributed by atoms with van der Waals surface area (Å²) in [7, 11) is 0. The van der Waals surface area contributed by atoms with Crippen LogP contribution in [0.4, 0.5) is 17.1 Å².